The van der Waals surface area contributed by atoms with E-state index in [1.165, 1.54) is 0 Å². The van der Waals surface area contributed by atoms with E-state index in [2.05, 4.69) is 0 Å². The van der Waals surface area contributed by atoms with Gasteiger partial charge in [0.25, 0.3) is 7.72 Å². The molecule has 0 aliphatic carbocycles. The summed E-state index contributed by atoms with van der Waals surface area (Å²) in [5.74, 6) is 0. The van der Waals surface area contributed by atoms with Crippen LogP contribution in [0.3, 0.4) is 0 Å². The van der Waals surface area contributed by atoms with Crippen molar-refractivity contribution in [2.45, 2.75) is 19.8 Å². The number of hydrogen-bond acceptors (Lipinski definition) is 2. The maximum atomic E-state index is 9.78. The van der Waals surface area contributed by atoms with Gasteiger partial charge in [-0.3, -0.25) is 0 Å². The van der Waals surface area contributed by atoms with Crippen molar-refractivity contribution in [2.75, 3.05) is 6.16 Å². The first-order valence-electron chi connectivity index (χ1n) is 4.56. The molecule has 0 radical (unpaired) electrons. The van der Waals surface area contributed by atoms with Crippen LogP contribution < -0.4 is 5.30 Å². The van der Waals surface area contributed by atoms with Gasteiger partial charge >= 0.3 is 0 Å². The third kappa shape index (κ3) is 3.07. The van der Waals surface area contributed by atoms with Gasteiger partial charge in [-0.05, 0) is 18.6 Å². The van der Waals surface area contributed by atoms with Crippen LogP contribution in [0.4, 0.5) is 0 Å². The minimum atomic E-state index is -2.81. The minimum absolute atomic E-state index is 0.507. The lowest BCUT2D eigenvalue weighted by molar-refractivity contribution is 0.461. The molecule has 0 aliphatic heterocycles. The summed E-state index contributed by atoms with van der Waals surface area (Å²) in [5, 5.41) is 0.684. The second-order valence-corrected chi connectivity index (χ2v) is 5.57. The normalized spacial score (nSPS) is 11.6. The molecule has 0 aliphatic rings. The fourth-order valence-corrected chi connectivity index (χ4v) is 2.84. The highest BCUT2D eigenvalue weighted by molar-refractivity contribution is 7.72. The van der Waals surface area contributed by atoms with Gasteiger partial charge in [0.2, 0.25) is 0 Å². The molecule has 0 atom stereocenters. The van der Waals surface area contributed by atoms with E-state index in [1.54, 1.807) is 12.1 Å². The van der Waals surface area contributed by atoms with Crippen molar-refractivity contribution in [1.29, 1.82) is 0 Å². The molecule has 0 saturated carbocycles. The lowest BCUT2D eigenvalue weighted by Gasteiger charge is -2.11. The maximum Gasteiger partial charge on any atom is 0.299 e. The topological polar surface area (TPSA) is 40.5 Å². The van der Waals surface area contributed by atoms with Crippen molar-refractivity contribution in [3.05, 3.63) is 30.3 Å². The summed E-state index contributed by atoms with van der Waals surface area (Å²) in [7, 11) is -2.81. The molecule has 3 heteroatoms. The standard InChI is InChI=1S/C10H16O2P/c1-2-3-9-13(11,12)10-7-5-4-6-8-10/h4-8,11-12H,2-3,9H2,1H3/q+1. The van der Waals surface area contributed by atoms with Crippen LogP contribution >= 0.6 is 7.72 Å². The molecule has 1 aromatic rings. The molecule has 0 amide bonds. The number of hydrogen-bond donors (Lipinski definition) is 2. The smallest absolute Gasteiger partial charge is 0.215 e. The lowest BCUT2D eigenvalue weighted by atomic mass is 10.4. The predicted molar refractivity (Wildman–Crippen MR) is 57.2 cm³/mol. The predicted octanol–water partition coefficient (Wildman–Crippen LogP) is 1.94. The summed E-state index contributed by atoms with van der Waals surface area (Å²) in [5.41, 5.74) is 0. The van der Waals surface area contributed by atoms with Crippen LogP contribution in [0.1, 0.15) is 19.8 Å². The molecule has 13 heavy (non-hydrogen) atoms. The monoisotopic (exact) mass is 199 g/mol. The zero-order valence-electron chi connectivity index (χ0n) is 7.85. The van der Waals surface area contributed by atoms with Gasteiger partial charge in [-0.15, -0.1) is 0 Å². The molecule has 1 rings (SSSR count). The number of rotatable bonds is 4. The van der Waals surface area contributed by atoms with Crippen LogP contribution in [-0.2, 0) is 0 Å². The van der Waals surface area contributed by atoms with E-state index < -0.39 is 7.72 Å². The van der Waals surface area contributed by atoms with Crippen LogP contribution in [0, 0.1) is 0 Å². The van der Waals surface area contributed by atoms with E-state index in [0.29, 0.717) is 11.5 Å². The summed E-state index contributed by atoms with van der Waals surface area (Å²) in [4.78, 5) is 19.6. The van der Waals surface area contributed by atoms with Gasteiger partial charge < -0.3 is 0 Å². The van der Waals surface area contributed by atoms with E-state index in [-0.39, 0.29) is 0 Å². The van der Waals surface area contributed by atoms with Crippen molar-refractivity contribution in [2.24, 2.45) is 0 Å². The van der Waals surface area contributed by atoms with Crippen LogP contribution in [0.2, 0.25) is 0 Å². The van der Waals surface area contributed by atoms with Crippen LogP contribution in [-0.4, -0.2) is 15.9 Å². The first-order valence-corrected chi connectivity index (χ1v) is 6.44. The minimum Gasteiger partial charge on any atom is -0.215 e. The molecule has 0 saturated heterocycles. The van der Waals surface area contributed by atoms with Gasteiger partial charge in [0.1, 0.15) is 6.16 Å². The SMILES string of the molecule is CCCC[P+](O)(O)c1ccccc1. The molecule has 0 spiro atoms. The Hall–Kier alpha value is -0.430. The largest absolute Gasteiger partial charge is 0.299 e. The summed E-state index contributed by atoms with van der Waals surface area (Å²) in [6, 6.07) is 9.11. The highest BCUT2D eigenvalue weighted by atomic mass is 31.2. The second kappa shape index (κ2) is 4.71. The molecule has 0 unspecified atom stereocenters. The molecule has 0 bridgehead atoms. The Balaban J connectivity index is 2.69. The van der Waals surface area contributed by atoms with Crippen molar-refractivity contribution in [1.82, 2.24) is 0 Å². The van der Waals surface area contributed by atoms with Crippen LogP contribution in [0.15, 0.2) is 30.3 Å². The van der Waals surface area contributed by atoms with E-state index >= 15 is 0 Å². The Morgan fingerprint density at radius 3 is 2.31 bits per heavy atom. The fourth-order valence-electron chi connectivity index (χ4n) is 1.17. The van der Waals surface area contributed by atoms with Crippen molar-refractivity contribution in [3.8, 4) is 0 Å². The molecule has 72 valence electrons. The zero-order valence-corrected chi connectivity index (χ0v) is 8.74. The Kier molecular flexibility index (Phi) is 3.86. The summed E-state index contributed by atoms with van der Waals surface area (Å²) in [6.45, 7) is 2.05. The van der Waals surface area contributed by atoms with Crippen molar-refractivity contribution < 1.29 is 9.79 Å². The highest BCUT2D eigenvalue weighted by Gasteiger charge is 2.34. The molecular formula is C10H16O2P+. The fraction of sp³-hybridized carbons (Fsp3) is 0.400. The van der Waals surface area contributed by atoms with E-state index in [0.717, 1.165) is 12.8 Å². The highest BCUT2D eigenvalue weighted by Crippen LogP contribution is 2.48. The molecule has 2 N–H and O–H groups in total. The number of unbranched alkanes of at least 4 members (excludes halogenated alkanes) is 1. The van der Waals surface area contributed by atoms with E-state index in [9.17, 15) is 9.79 Å². The molecule has 1 aromatic carbocycles. The zero-order chi connectivity index (χ0) is 9.73. The van der Waals surface area contributed by atoms with Gasteiger partial charge in [0.15, 0.2) is 5.30 Å². The Bertz CT molecular complexity index is 246. The Morgan fingerprint density at radius 1 is 1.15 bits per heavy atom. The summed E-state index contributed by atoms with van der Waals surface area (Å²) < 4.78 is 0. The quantitative estimate of drug-likeness (QED) is 0.727. The first-order chi connectivity index (χ1) is 6.17. The van der Waals surface area contributed by atoms with E-state index in [1.807, 2.05) is 25.1 Å². The third-order valence-corrected chi connectivity index (χ3v) is 4.06. The average Bonchev–Trinajstić information content (AvgIpc) is 2.16. The number of benzene rings is 1. The summed E-state index contributed by atoms with van der Waals surface area (Å²) in [6.07, 6.45) is 2.37. The second-order valence-electron chi connectivity index (χ2n) is 3.14. The summed E-state index contributed by atoms with van der Waals surface area (Å²) >= 11 is 0. The molecule has 0 fully saturated rings. The van der Waals surface area contributed by atoms with Crippen LogP contribution in [0.25, 0.3) is 0 Å². The van der Waals surface area contributed by atoms with Gasteiger partial charge in [-0.25, -0.2) is 9.79 Å². The third-order valence-electron chi connectivity index (χ3n) is 1.99. The van der Waals surface area contributed by atoms with Gasteiger partial charge in [-0.2, -0.15) is 0 Å². The Labute approximate surface area is 79.7 Å². The Morgan fingerprint density at radius 2 is 1.77 bits per heavy atom. The van der Waals surface area contributed by atoms with E-state index in [4.69, 9.17) is 0 Å². The molecule has 0 heterocycles. The van der Waals surface area contributed by atoms with Crippen LogP contribution in [0.5, 0.6) is 0 Å². The average molecular weight is 199 g/mol. The maximum absolute atomic E-state index is 9.78. The molecule has 2 nitrogen and oxygen atoms in total. The van der Waals surface area contributed by atoms with Gasteiger partial charge in [0.05, 0.1) is 0 Å². The first kappa shape index (κ1) is 10.6. The molecular weight excluding hydrogens is 183 g/mol. The van der Waals surface area contributed by atoms with Gasteiger partial charge in [-0.1, -0.05) is 31.5 Å². The van der Waals surface area contributed by atoms with Crippen molar-refractivity contribution in [3.63, 3.8) is 0 Å². The molecule has 0 aromatic heterocycles. The van der Waals surface area contributed by atoms with Crippen molar-refractivity contribution >= 4 is 13.0 Å². The van der Waals surface area contributed by atoms with Gasteiger partial charge in [0, 0.05) is 0 Å². The lowest BCUT2D eigenvalue weighted by Crippen LogP contribution is -2.12.